The smallest absolute Gasteiger partial charge is 0.309 e. The molecule has 2 atom stereocenters. The first-order valence-electron chi connectivity index (χ1n) is 17.0. The molecule has 2 spiro atoms. The summed E-state index contributed by atoms with van der Waals surface area (Å²) in [6.07, 6.45) is 0.0862. The zero-order valence-corrected chi connectivity index (χ0v) is 29.4. The number of nitrogens with zero attached hydrogens (tertiary/aromatic N) is 2. The molecule has 0 aromatic heterocycles. The molecule has 4 aliphatic heterocycles. The Morgan fingerprint density at radius 1 is 0.652 bits per heavy atom. The van der Waals surface area contributed by atoms with Gasteiger partial charge in [-0.25, -0.2) is 0 Å². The van der Waals surface area contributed by atoms with Gasteiger partial charge in [0, 0.05) is 67.3 Å². The van der Waals surface area contributed by atoms with Crippen LogP contribution in [0.15, 0.2) is 0 Å². The minimum Gasteiger partial charge on any atom is -0.481 e. The maximum absolute atomic E-state index is 13.1. The van der Waals surface area contributed by atoms with Crippen molar-refractivity contribution < 1.29 is 49.0 Å². The van der Waals surface area contributed by atoms with Crippen molar-refractivity contribution in [2.45, 2.75) is 159 Å². The number of hydrogen-bond donors (Lipinski definition) is 4. The summed E-state index contributed by atoms with van der Waals surface area (Å²) in [5.74, 6) is -3.49. The lowest BCUT2D eigenvalue weighted by molar-refractivity contribution is -0.242. The molecule has 4 aliphatic rings. The van der Waals surface area contributed by atoms with Gasteiger partial charge < -0.3 is 39.4 Å². The Morgan fingerprint density at radius 2 is 0.978 bits per heavy atom. The summed E-state index contributed by atoms with van der Waals surface area (Å²) in [5, 5.41) is 43.3. The summed E-state index contributed by atoms with van der Waals surface area (Å²) < 4.78 is 24.2. The third-order valence-electron chi connectivity index (χ3n) is 10.9. The molecule has 4 rings (SSSR count). The molecule has 4 saturated heterocycles. The second kappa shape index (κ2) is 13.2. The van der Waals surface area contributed by atoms with Gasteiger partial charge in [0.25, 0.3) is 0 Å². The number of aliphatic hydroxyl groups excluding tert-OH is 2. The van der Waals surface area contributed by atoms with Gasteiger partial charge in [-0.1, -0.05) is 0 Å². The van der Waals surface area contributed by atoms with E-state index in [1.54, 1.807) is 0 Å². The Labute approximate surface area is 274 Å². The molecule has 4 heterocycles. The zero-order valence-electron chi connectivity index (χ0n) is 29.4. The van der Waals surface area contributed by atoms with Gasteiger partial charge in [0.1, 0.15) is 0 Å². The van der Waals surface area contributed by atoms with Crippen LogP contribution in [0.5, 0.6) is 0 Å². The summed E-state index contributed by atoms with van der Waals surface area (Å²) in [5.41, 5.74) is -3.20. The highest BCUT2D eigenvalue weighted by Gasteiger charge is 2.57. The number of β-amino-alcohol motifs (C(OH)–C–C–N with tert-alkyl or cyclic N) is 2. The van der Waals surface area contributed by atoms with Crippen molar-refractivity contribution in [3.8, 4) is 0 Å². The number of piperidine rings is 2. The van der Waals surface area contributed by atoms with Crippen molar-refractivity contribution in [3.63, 3.8) is 0 Å². The Balaban J connectivity index is 1.53. The molecule has 2 unspecified atom stereocenters. The molecule has 4 fully saturated rings. The SMILES string of the molecule is CC1(C)CC2(CC(C)(C)N1CC(O)CC(CCCC(=O)O)(CC(O)CN1C(C)(C)CC3(CC1(C)C)OCCO3)C(=O)O)OCCO2. The fourth-order valence-electron chi connectivity index (χ4n) is 9.77. The molecule has 12 nitrogen and oxygen atoms in total. The van der Waals surface area contributed by atoms with E-state index in [1.165, 1.54) is 0 Å². The molecule has 0 saturated carbocycles. The van der Waals surface area contributed by atoms with E-state index in [0.29, 0.717) is 52.1 Å². The van der Waals surface area contributed by atoms with Gasteiger partial charge in [0.15, 0.2) is 11.6 Å². The van der Waals surface area contributed by atoms with Gasteiger partial charge in [-0.05, 0) is 81.1 Å². The minimum atomic E-state index is -1.53. The van der Waals surface area contributed by atoms with E-state index >= 15 is 0 Å². The maximum atomic E-state index is 13.1. The Morgan fingerprint density at radius 3 is 1.26 bits per heavy atom. The first-order chi connectivity index (χ1) is 21.1. The third kappa shape index (κ3) is 8.07. The molecule has 12 heteroatoms. The number of hydrogen-bond acceptors (Lipinski definition) is 10. The fourth-order valence-corrected chi connectivity index (χ4v) is 9.77. The van der Waals surface area contributed by atoms with E-state index in [4.69, 9.17) is 18.9 Å². The summed E-state index contributed by atoms with van der Waals surface area (Å²) >= 11 is 0. The van der Waals surface area contributed by atoms with Crippen LogP contribution >= 0.6 is 0 Å². The second-order valence-corrected chi connectivity index (χ2v) is 16.9. The average Bonchev–Trinajstić information content (AvgIpc) is 3.51. The number of aliphatic hydroxyl groups is 2. The number of likely N-dealkylation sites (tertiary alicyclic amines) is 2. The quantitative estimate of drug-likeness (QED) is 0.229. The van der Waals surface area contributed by atoms with E-state index < -0.39 is 63.3 Å². The summed E-state index contributed by atoms with van der Waals surface area (Å²) in [6.45, 7) is 19.3. The summed E-state index contributed by atoms with van der Waals surface area (Å²) in [4.78, 5) is 29.0. The van der Waals surface area contributed by atoms with E-state index in [0.717, 1.165) is 0 Å². The topological polar surface area (TPSA) is 158 Å². The highest BCUT2D eigenvalue weighted by Crippen LogP contribution is 2.49. The van der Waals surface area contributed by atoms with Crippen molar-refractivity contribution >= 4 is 11.9 Å². The lowest BCUT2D eigenvalue weighted by Gasteiger charge is -2.58. The van der Waals surface area contributed by atoms with Crippen LogP contribution in [0.2, 0.25) is 0 Å². The predicted molar refractivity (Wildman–Crippen MR) is 170 cm³/mol. The van der Waals surface area contributed by atoms with Crippen LogP contribution in [0.3, 0.4) is 0 Å². The lowest BCUT2D eigenvalue weighted by atomic mass is 9.71. The molecular weight excluding hydrogens is 596 g/mol. The van der Waals surface area contributed by atoms with Crippen LogP contribution in [-0.4, -0.2) is 128 Å². The van der Waals surface area contributed by atoms with Crippen LogP contribution < -0.4 is 0 Å². The lowest BCUT2D eigenvalue weighted by Crippen LogP contribution is -2.67. The standard InChI is InChI=1S/C34H60N2O10/c1-28(2)20-33(43-12-13-44-33)21-29(3,4)35(28)18-24(37)16-32(27(41)42,11-9-10-26(39)40)17-25(38)19-36-30(5,6)22-34(23-31(36,7)8)45-14-15-46-34/h24-25,37-38H,9-23H2,1-8H3,(H,39,40)(H,41,42). The molecule has 0 bridgehead atoms. The Kier molecular flexibility index (Phi) is 10.7. The van der Waals surface area contributed by atoms with Gasteiger partial charge in [0.05, 0.1) is 44.1 Å². The average molecular weight is 657 g/mol. The second-order valence-electron chi connectivity index (χ2n) is 16.9. The van der Waals surface area contributed by atoms with Crippen molar-refractivity contribution in [1.29, 1.82) is 0 Å². The van der Waals surface area contributed by atoms with E-state index in [9.17, 15) is 30.0 Å². The Bertz CT molecular complexity index is 987. The Hall–Kier alpha value is -1.38. The van der Waals surface area contributed by atoms with E-state index in [1.807, 2.05) is 0 Å². The van der Waals surface area contributed by atoms with Gasteiger partial charge in [-0.15, -0.1) is 0 Å². The van der Waals surface area contributed by atoms with Gasteiger partial charge in [-0.2, -0.15) is 0 Å². The van der Waals surface area contributed by atoms with E-state index in [-0.39, 0.29) is 45.2 Å². The molecule has 0 aliphatic carbocycles. The van der Waals surface area contributed by atoms with Crippen LogP contribution in [0.4, 0.5) is 0 Å². The minimum absolute atomic E-state index is 0.0257. The number of aliphatic carboxylic acids is 2. The summed E-state index contributed by atoms with van der Waals surface area (Å²) in [7, 11) is 0. The number of carboxylic acids is 2. The van der Waals surface area contributed by atoms with Crippen LogP contribution in [0.1, 0.15) is 113 Å². The van der Waals surface area contributed by atoms with Gasteiger partial charge in [-0.3, -0.25) is 19.4 Å². The first kappa shape index (κ1) is 37.4. The van der Waals surface area contributed by atoms with E-state index in [2.05, 4.69) is 65.2 Å². The molecular formula is C34H60N2O10. The first-order valence-corrected chi connectivity index (χ1v) is 17.0. The van der Waals surface area contributed by atoms with Gasteiger partial charge >= 0.3 is 11.9 Å². The molecule has 266 valence electrons. The van der Waals surface area contributed by atoms with Crippen molar-refractivity contribution in [1.82, 2.24) is 9.80 Å². The third-order valence-corrected chi connectivity index (χ3v) is 10.9. The van der Waals surface area contributed by atoms with Crippen molar-refractivity contribution in [3.05, 3.63) is 0 Å². The normalized spacial score (nSPS) is 29.0. The van der Waals surface area contributed by atoms with Crippen LogP contribution in [0.25, 0.3) is 0 Å². The molecule has 0 aromatic carbocycles. The van der Waals surface area contributed by atoms with Crippen LogP contribution in [0, 0.1) is 5.41 Å². The fraction of sp³-hybridized carbons (Fsp3) is 0.941. The monoisotopic (exact) mass is 656 g/mol. The highest BCUT2D eigenvalue weighted by molar-refractivity contribution is 5.75. The number of carboxylic acid groups (broad SMARTS) is 2. The molecule has 0 aromatic rings. The molecule has 0 radical (unpaired) electrons. The highest BCUT2D eigenvalue weighted by atomic mass is 16.7. The van der Waals surface area contributed by atoms with Crippen LogP contribution in [-0.2, 0) is 28.5 Å². The predicted octanol–water partition coefficient (Wildman–Crippen LogP) is 3.61. The van der Waals surface area contributed by atoms with Crippen molar-refractivity contribution in [2.75, 3.05) is 39.5 Å². The largest absolute Gasteiger partial charge is 0.481 e. The number of rotatable bonds is 13. The van der Waals surface area contributed by atoms with Crippen molar-refractivity contribution in [2.24, 2.45) is 5.41 Å². The number of carbonyl (C=O) groups is 2. The maximum Gasteiger partial charge on any atom is 0.309 e. The number of ether oxygens (including phenoxy) is 4. The zero-order chi connectivity index (χ0) is 34.4. The summed E-state index contributed by atoms with van der Waals surface area (Å²) in [6, 6.07) is 0. The molecule has 0 amide bonds. The molecule has 46 heavy (non-hydrogen) atoms. The molecule has 4 N–H and O–H groups in total. The van der Waals surface area contributed by atoms with Gasteiger partial charge in [0.2, 0.25) is 0 Å².